The van der Waals surface area contributed by atoms with Gasteiger partial charge in [0.1, 0.15) is 0 Å². The molecule has 0 aliphatic rings. The van der Waals surface area contributed by atoms with Gasteiger partial charge in [-0.2, -0.15) is 0 Å². The molecule has 1 rings (SSSR count). The van der Waals surface area contributed by atoms with E-state index in [9.17, 15) is 10.1 Å². The molecule has 0 aliphatic heterocycles. The van der Waals surface area contributed by atoms with Crippen LogP contribution in [-0.4, -0.2) is 18.1 Å². The molecule has 0 spiro atoms. The maximum atomic E-state index is 10.7. The smallest absolute Gasteiger partial charge is 0.243 e. The lowest BCUT2D eigenvalue weighted by molar-refractivity contribution is -0.422. The highest BCUT2D eigenvalue weighted by atomic mass is 16.6. The second-order valence-corrected chi connectivity index (χ2v) is 4.74. The van der Waals surface area contributed by atoms with E-state index in [0.29, 0.717) is 24.7 Å². The van der Waals surface area contributed by atoms with Crippen molar-refractivity contribution in [2.75, 3.05) is 13.2 Å². The lowest BCUT2D eigenvalue weighted by Crippen LogP contribution is -2.01. The Hall–Kier alpha value is -2.04. The van der Waals surface area contributed by atoms with Crippen molar-refractivity contribution in [3.05, 3.63) is 39.6 Å². The van der Waals surface area contributed by atoms with E-state index in [1.165, 1.54) is 13.0 Å². The Balaban J connectivity index is 2.85. The van der Waals surface area contributed by atoms with E-state index in [-0.39, 0.29) is 5.70 Å². The van der Waals surface area contributed by atoms with Crippen LogP contribution in [0.25, 0.3) is 6.08 Å². The fraction of sp³-hybridized carbons (Fsp3) is 0.500. The van der Waals surface area contributed by atoms with Crippen molar-refractivity contribution in [1.82, 2.24) is 0 Å². The summed E-state index contributed by atoms with van der Waals surface area (Å²) < 4.78 is 11.3. The van der Waals surface area contributed by atoms with Gasteiger partial charge < -0.3 is 9.47 Å². The first-order chi connectivity index (χ1) is 10.1. The monoisotopic (exact) mass is 293 g/mol. The standard InChI is InChI=1S/C16H23NO4/c1-4-6-7-10-21-15-9-8-14(11-13(3)17(18)19)12-16(15)20-5-2/h8-9,11-12H,4-7,10H2,1-3H3/b13-11+. The van der Waals surface area contributed by atoms with Crippen LogP contribution in [0.5, 0.6) is 11.5 Å². The number of nitrogens with zero attached hydrogens (tertiary/aromatic N) is 1. The van der Waals surface area contributed by atoms with Crippen LogP contribution >= 0.6 is 0 Å². The van der Waals surface area contributed by atoms with Crippen LogP contribution in [0.4, 0.5) is 0 Å². The van der Waals surface area contributed by atoms with E-state index in [4.69, 9.17) is 9.47 Å². The zero-order chi connectivity index (χ0) is 15.7. The predicted molar refractivity (Wildman–Crippen MR) is 83.3 cm³/mol. The van der Waals surface area contributed by atoms with Gasteiger partial charge >= 0.3 is 0 Å². The van der Waals surface area contributed by atoms with Crippen LogP contribution < -0.4 is 9.47 Å². The fourth-order valence-corrected chi connectivity index (χ4v) is 1.83. The van der Waals surface area contributed by atoms with Gasteiger partial charge in [-0.25, -0.2) is 0 Å². The second-order valence-electron chi connectivity index (χ2n) is 4.74. The van der Waals surface area contributed by atoms with Crippen LogP contribution in [0.3, 0.4) is 0 Å². The Morgan fingerprint density at radius 1 is 1.24 bits per heavy atom. The van der Waals surface area contributed by atoms with Gasteiger partial charge in [-0.1, -0.05) is 25.8 Å². The number of benzene rings is 1. The molecule has 0 saturated carbocycles. The molecule has 1 aromatic carbocycles. The Bertz CT molecular complexity index is 497. The molecule has 116 valence electrons. The number of hydrogen-bond donors (Lipinski definition) is 0. The molecule has 0 amide bonds. The molecular formula is C16H23NO4. The number of rotatable bonds is 9. The third kappa shape index (κ3) is 5.85. The van der Waals surface area contributed by atoms with E-state index >= 15 is 0 Å². The summed E-state index contributed by atoms with van der Waals surface area (Å²) in [6.07, 6.45) is 4.80. The summed E-state index contributed by atoms with van der Waals surface area (Å²) in [6, 6.07) is 5.37. The summed E-state index contributed by atoms with van der Waals surface area (Å²) in [4.78, 5) is 10.3. The highest BCUT2D eigenvalue weighted by molar-refractivity contribution is 5.56. The van der Waals surface area contributed by atoms with Crippen LogP contribution in [0, 0.1) is 10.1 Å². The molecule has 21 heavy (non-hydrogen) atoms. The van der Waals surface area contributed by atoms with E-state index in [2.05, 4.69) is 6.92 Å². The molecule has 0 aromatic heterocycles. The van der Waals surface area contributed by atoms with Crippen LogP contribution in [-0.2, 0) is 0 Å². The number of nitro groups is 1. The minimum atomic E-state index is -0.407. The lowest BCUT2D eigenvalue weighted by atomic mass is 10.1. The minimum Gasteiger partial charge on any atom is -0.490 e. The average Bonchev–Trinajstić information content (AvgIpc) is 2.45. The molecule has 5 nitrogen and oxygen atoms in total. The Morgan fingerprint density at radius 2 is 2.00 bits per heavy atom. The Labute approximate surface area is 125 Å². The summed E-state index contributed by atoms with van der Waals surface area (Å²) >= 11 is 0. The van der Waals surface area contributed by atoms with Gasteiger partial charge in [0.2, 0.25) is 5.70 Å². The molecule has 1 aromatic rings. The number of unbranched alkanes of at least 4 members (excludes halogenated alkanes) is 2. The second kappa shape index (κ2) is 9.00. The molecule has 0 radical (unpaired) electrons. The molecule has 0 fully saturated rings. The first-order valence-corrected chi connectivity index (χ1v) is 7.30. The summed E-state index contributed by atoms with van der Waals surface area (Å²) in [5.41, 5.74) is 0.822. The van der Waals surface area contributed by atoms with E-state index in [1.54, 1.807) is 18.2 Å². The van der Waals surface area contributed by atoms with Gasteiger partial charge in [0, 0.05) is 13.0 Å². The van der Waals surface area contributed by atoms with E-state index in [1.807, 2.05) is 6.92 Å². The molecule has 5 heteroatoms. The molecule has 0 saturated heterocycles. The third-order valence-corrected chi connectivity index (χ3v) is 2.94. The van der Waals surface area contributed by atoms with Crippen molar-refractivity contribution in [2.45, 2.75) is 40.0 Å². The molecule has 0 bridgehead atoms. The first-order valence-electron chi connectivity index (χ1n) is 7.30. The Kier molecular flexibility index (Phi) is 7.29. The lowest BCUT2D eigenvalue weighted by Gasteiger charge is -2.12. The largest absolute Gasteiger partial charge is 0.490 e. The maximum Gasteiger partial charge on any atom is 0.243 e. The van der Waals surface area contributed by atoms with Gasteiger partial charge in [-0.3, -0.25) is 10.1 Å². The maximum absolute atomic E-state index is 10.7. The third-order valence-electron chi connectivity index (χ3n) is 2.94. The van der Waals surface area contributed by atoms with E-state index < -0.39 is 4.92 Å². The molecule has 0 atom stereocenters. The minimum absolute atomic E-state index is 0.0917. The number of ether oxygens (including phenoxy) is 2. The quantitative estimate of drug-likeness (QED) is 0.387. The normalized spacial score (nSPS) is 11.3. The summed E-state index contributed by atoms with van der Waals surface area (Å²) in [6.45, 7) is 6.68. The SMILES string of the molecule is CCCCCOc1ccc(/C=C(\C)[N+](=O)[O-])cc1OCC. The van der Waals surface area contributed by atoms with Crippen LogP contribution in [0.1, 0.15) is 45.6 Å². The molecule has 0 N–H and O–H groups in total. The number of hydrogen-bond acceptors (Lipinski definition) is 4. The van der Waals surface area contributed by atoms with Crippen LogP contribution in [0.15, 0.2) is 23.9 Å². The predicted octanol–water partition coefficient (Wildman–Crippen LogP) is 4.29. The zero-order valence-corrected chi connectivity index (χ0v) is 12.9. The highest BCUT2D eigenvalue weighted by Crippen LogP contribution is 2.29. The van der Waals surface area contributed by atoms with Crippen molar-refractivity contribution in [2.24, 2.45) is 0 Å². The van der Waals surface area contributed by atoms with Crippen LogP contribution in [0.2, 0.25) is 0 Å². The molecule has 0 heterocycles. The van der Waals surface area contributed by atoms with Gasteiger partial charge in [0.05, 0.1) is 18.1 Å². The number of allylic oxidation sites excluding steroid dienone is 1. The zero-order valence-electron chi connectivity index (χ0n) is 12.9. The molecule has 0 unspecified atom stereocenters. The van der Waals surface area contributed by atoms with Crippen molar-refractivity contribution in [3.63, 3.8) is 0 Å². The van der Waals surface area contributed by atoms with Gasteiger partial charge in [0.15, 0.2) is 11.5 Å². The van der Waals surface area contributed by atoms with Crippen molar-refractivity contribution >= 4 is 6.08 Å². The summed E-state index contributed by atoms with van der Waals surface area (Å²) in [5.74, 6) is 1.31. The molecular weight excluding hydrogens is 270 g/mol. The average molecular weight is 293 g/mol. The van der Waals surface area contributed by atoms with Crippen molar-refractivity contribution in [1.29, 1.82) is 0 Å². The van der Waals surface area contributed by atoms with Gasteiger partial charge in [0.25, 0.3) is 0 Å². The van der Waals surface area contributed by atoms with Gasteiger partial charge in [-0.15, -0.1) is 0 Å². The Morgan fingerprint density at radius 3 is 2.62 bits per heavy atom. The fourth-order valence-electron chi connectivity index (χ4n) is 1.83. The molecule has 0 aliphatic carbocycles. The topological polar surface area (TPSA) is 61.6 Å². The summed E-state index contributed by atoms with van der Waals surface area (Å²) in [7, 11) is 0. The summed E-state index contributed by atoms with van der Waals surface area (Å²) in [5, 5.41) is 10.7. The first kappa shape index (κ1) is 17.0. The highest BCUT2D eigenvalue weighted by Gasteiger charge is 2.08. The van der Waals surface area contributed by atoms with Gasteiger partial charge in [-0.05, 0) is 31.0 Å². The van der Waals surface area contributed by atoms with Crippen molar-refractivity contribution in [3.8, 4) is 11.5 Å². The van der Waals surface area contributed by atoms with E-state index in [0.717, 1.165) is 24.8 Å². The van der Waals surface area contributed by atoms with Crippen molar-refractivity contribution < 1.29 is 14.4 Å².